The molecule has 0 unspecified atom stereocenters. The van der Waals surface area contributed by atoms with Gasteiger partial charge in [-0.3, -0.25) is 5.73 Å². The lowest BCUT2D eigenvalue weighted by Gasteiger charge is -2.12. The number of rotatable bonds is 2. The highest BCUT2D eigenvalue weighted by molar-refractivity contribution is 6.33. The zero-order valence-electron chi connectivity index (χ0n) is 10.9. The van der Waals surface area contributed by atoms with Crippen LogP contribution in [0.25, 0.3) is 11.1 Å². The Morgan fingerprint density at radius 2 is 2.05 bits per heavy atom. The van der Waals surface area contributed by atoms with Crippen LogP contribution in [0.1, 0.15) is 23.7 Å². The van der Waals surface area contributed by atoms with Crippen LogP contribution in [0.3, 0.4) is 0 Å². The van der Waals surface area contributed by atoms with Crippen molar-refractivity contribution in [1.29, 1.82) is 5.26 Å². The highest BCUT2D eigenvalue weighted by Crippen LogP contribution is 2.34. The predicted molar refractivity (Wildman–Crippen MR) is 76.7 cm³/mol. The Balaban J connectivity index is 2.86. The van der Waals surface area contributed by atoms with Crippen LogP contribution < -0.4 is 10.7 Å². The predicted octanol–water partition coefficient (Wildman–Crippen LogP) is 3.15. The number of aryl methyl sites for hydroxylation is 1. The number of anilines is 1. The first-order valence-electron chi connectivity index (χ1n) is 6.09. The Morgan fingerprint density at radius 1 is 1.37 bits per heavy atom. The summed E-state index contributed by atoms with van der Waals surface area (Å²) in [4.78, 5) is 3.09. The molecule has 0 bridgehead atoms. The maximum atomic E-state index is 9.35. The summed E-state index contributed by atoms with van der Waals surface area (Å²) < 4.78 is 0. The first kappa shape index (κ1) is 13.4. The maximum Gasteiger partial charge on any atom is 0.289 e. The first-order chi connectivity index (χ1) is 9.10. The molecule has 1 aromatic carbocycles. The van der Waals surface area contributed by atoms with Gasteiger partial charge in [-0.15, -0.1) is 0 Å². The van der Waals surface area contributed by atoms with Crippen molar-refractivity contribution in [3.8, 4) is 17.2 Å². The minimum absolute atomic E-state index is 0.389. The second kappa shape index (κ2) is 5.29. The van der Waals surface area contributed by atoms with Gasteiger partial charge >= 0.3 is 0 Å². The maximum absolute atomic E-state index is 9.35. The molecule has 3 N–H and O–H groups in total. The molecule has 0 aliphatic heterocycles. The van der Waals surface area contributed by atoms with E-state index in [4.69, 9.17) is 17.3 Å². The van der Waals surface area contributed by atoms with Gasteiger partial charge in [-0.2, -0.15) is 5.26 Å². The average molecular weight is 273 g/mol. The molecule has 3 nitrogen and oxygen atoms in total. The molecule has 0 aliphatic rings. The smallest absolute Gasteiger partial charge is 0.286 e. The first-order valence-corrected chi connectivity index (χ1v) is 6.47. The number of aromatic nitrogens is 1. The molecule has 0 atom stereocenters. The summed E-state index contributed by atoms with van der Waals surface area (Å²) in [5, 5.41) is 9.97. The fourth-order valence-corrected chi connectivity index (χ4v) is 2.49. The quantitative estimate of drug-likeness (QED) is 0.913. The van der Waals surface area contributed by atoms with E-state index in [2.05, 4.69) is 11.1 Å². The number of nitrogens with two attached hydrogens (primary N) is 1. The molecule has 0 saturated carbocycles. The van der Waals surface area contributed by atoms with E-state index in [-0.39, 0.29) is 0 Å². The van der Waals surface area contributed by atoms with Gasteiger partial charge < -0.3 is 0 Å². The standard InChI is InChI=1S/C15H14ClN3/c1-3-13-9(2)14(11(8-17)15(18)19-13)10-6-4-5-7-12(10)16/h4-7H,3H2,1-2H3,(H2,18,19)/p+1. The molecule has 2 rings (SSSR count). The van der Waals surface area contributed by atoms with Crippen molar-refractivity contribution in [3.05, 3.63) is 46.1 Å². The van der Waals surface area contributed by atoms with Gasteiger partial charge in [-0.05, 0) is 13.0 Å². The van der Waals surface area contributed by atoms with Crippen LogP contribution in [0.15, 0.2) is 24.3 Å². The highest BCUT2D eigenvalue weighted by Gasteiger charge is 2.21. The van der Waals surface area contributed by atoms with Gasteiger partial charge in [0.25, 0.3) is 5.82 Å². The molecule has 0 saturated heterocycles. The number of pyridine rings is 1. The van der Waals surface area contributed by atoms with Crippen LogP contribution >= 0.6 is 11.6 Å². The zero-order valence-corrected chi connectivity index (χ0v) is 11.7. The third-order valence-corrected chi connectivity index (χ3v) is 3.57. The van der Waals surface area contributed by atoms with E-state index in [1.54, 1.807) is 0 Å². The van der Waals surface area contributed by atoms with Crippen molar-refractivity contribution >= 4 is 17.4 Å². The number of nitrogen functional groups attached to an aromatic ring is 1. The summed E-state index contributed by atoms with van der Waals surface area (Å²) in [6, 6.07) is 9.66. The molecule has 1 heterocycles. The van der Waals surface area contributed by atoms with Crippen LogP contribution in [-0.4, -0.2) is 0 Å². The molecule has 96 valence electrons. The Labute approximate surface area is 117 Å². The Bertz CT molecular complexity index is 671. The van der Waals surface area contributed by atoms with Gasteiger partial charge in [-0.1, -0.05) is 36.7 Å². The molecule has 4 heteroatoms. The number of nitriles is 1. The van der Waals surface area contributed by atoms with E-state index < -0.39 is 0 Å². The monoisotopic (exact) mass is 272 g/mol. The van der Waals surface area contributed by atoms with Gasteiger partial charge in [0.2, 0.25) is 0 Å². The minimum atomic E-state index is 0.389. The topological polar surface area (TPSA) is 63.9 Å². The molecule has 0 fully saturated rings. The molecule has 2 aromatic rings. The molecule has 0 aliphatic carbocycles. The van der Waals surface area contributed by atoms with Crippen molar-refractivity contribution in [3.63, 3.8) is 0 Å². The summed E-state index contributed by atoms with van der Waals surface area (Å²) in [6.07, 6.45) is 0.819. The van der Waals surface area contributed by atoms with Gasteiger partial charge in [0, 0.05) is 28.1 Å². The normalized spacial score (nSPS) is 10.2. The molecule has 1 aromatic heterocycles. The fourth-order valence-electron chi connectivity index (χ4n) is 2.26. The largest absolute Gasteiger partial charge is 0.289 e. The lowest BCUT2D eigenvalue weighted by atomic mass is 9.94. The third kappa shape index (κ3) is 2.27. The molecular formula is C15H15ClN3+. The van der Waals surface area contributed by atoms with Crippen LogP contribution in [0.4, 0.5) is 5.82 Å². The Kier molecular flexibility index (Phi) is 3.73. The highest BCUT2D eigenvalue weighted by atomic mass is 35.5. The number of hydrogen-bond acceptors (Lipinski definition) is 2. The van der Waals surface area contributed by atoms with Gasteiger partial charge in [0.1, 0.15) is 17.3 Å². The van der Waals surface area contributed by atoms with Gasteiger partial charge in [0.05, 0.1) is 0 Å². The van der Waals surface area contributed by atoms with E-state index in [0.29, 0.717) is 16.4 Å². The van der Waals surface area contributed by atoms with E-state index in [0.717, 1.165) is 28.8 Å². The number of benzene rings is 1. The lowest BCUT2D eigenvalue weighted by Crippen LogP contribution is -2.20. The number of nitrogens with one attached hydrogen (secondary N) is 1. The molecule has 19 heavy (non-hydrogen) atoms. The number of H-pyrrole nitrogens is 1. The molecule has 0 spiro atoms. The zero-order chi connectivity index (χ0) is 14.0. The number of hydrogen-bond donors (Lipinski definition) is 1. The second-order valence-corrected chi connectivity index (χ2v) is 4.74. The van der Waals surface area contributed by atoms with E-state index in [1.165, 1.54) is 0 Å². The van der Waals surface area contributed by atoms with E-state index in [9.17, 15) is 5.26 Å². The summed E-state index contributed by atoms with van der Waals surface area (Å²) in [5.41, 5.74) is 10.1. The third-order valence-electron chi connectivity index (χ3n) is 3.24. The van der Waals surface area contributed by atoms with E-state index >= 15 is 0 Å². The van der Waals surface area contributed by atoms with Crippen LogP contribution in [0.2, 0.25) is 5.02 Å². The summed E-state index contributed by atoms with van der Waals surface area (Å²) >= 11 is 6.25. The molecule has 0 radical (unpaired) electrons. The van der Waals surface area contributed by atoms with Crippen LogP contribution in [-0.2, 0) is 6.42 Å². The van der Waals surface area contributed by atoms with Crippen molar-refractivity contribution in [2.45, 2.75) is 20.3 Å². The summed E-state index contributed by atoms with van der Waals surface area (Å²) in [6.45, 7) is 4.02. The van der Waals surface area contributed by atoms with Crippen LogP contribution in [0, 0.1) is 18.3 Å². The lowest BCUT2D eigenvalue weighted by molar-refractivity contribution is -0.373. The fraction of sp³-hybridized carbons (Fsp3) is 0.200. The molecule has 0 amide bonds. The van der Waals surface area contributed by atoms with Gasteiger partial charge in [0.15, 0.2) is 0 Å². The number of nitrogens with zero attached hydrogens (tertiary/aromatic N) is 1. The van der Waals surface area contributed by atoms with Crippen molar-refractivity contribution < 1.29 is 4.98 Å². The molecular weight excluding hydrogens is 258 g/mol. The SMILES string of the molecule is CCc1[nH+]c(N)c(C#N)c(-c2ccccc2Cl)c1C. The Hall–Kier alpha value is -2.05. The second-order valence-electron chi connectivity index (χ2n) is 4.34. The van der Waals surface area contributed by atoms with Gasteiger partial charge in [-0.25, -0.2) is 4.98 Å². The minimum Gasteiger partial charge on any atom is -0.286 e. The number of aromatic amines is 1. The van der Waals surface area contributed by atoms with E-state index in [1.807, 2.05) is 38.1 Å². The van der Waals surface area contributed by atoms with Crippen LogP contribution in [0.5, 0.6) is 0 Å². The Morgan fingerprint density at radius 3 is 2.63 bits per heavy atom. The van der Waals surface area contributed by atoms with Crippen molar-refractivity contribution in [2.24, 2.45) is 0 Å². The van der Waals surface area contributed by atoms with Crippen molar-refractivity contribution in [2.75, 3.05) is 5.73 Å². The summed E-state index contributed by atoms with van der Waals surface area (Å²) in [5.74, 6) is 0.389. The number of halogens is 1. The van der Waals surface area contributed by atoms with Crippen molar-refractivity contribution in [1.82, 2.24) is 0 Å². The summed E-state index contributed by atoms with van der Waals surface area (Å²) in [7, 11) is 0. The average Bonchev–Trinajstić information content (AvgIpc) is 2.41.